The van der Waals surface area contributed by atoms with Crippen LogP contribution in [0, 0.1) is 5.92 Å². The number of carboxylic acids is 1. The lowest BCUT2D eigenvalue weighted by molar-refractivity contribution is -0.146. The highest BCUT2D eigenvalue weighted by Gasteiger charge is 2.34. The molecule has 3 atom stereocenters. The molecule has 0 spiro atoms. The average molecular weight is 259 g/mol. The summed E-state index contributed by atoms with van der Waals surface area (Å²) in [4.78, 5) is 11.3. The lowest BCUT2D eigenvalue weighted by Crippen LogP contribution is -2.51. The van der Waals surface area contributed by atoms with Crippen molar-refractivity contribution < 1.29 is 19.4 Å². The fraction of sp³-hybridized carbons (Fsp3) is 0.923. The predicted molar refractivity (Wildman–Crippen MR) is 68.7 cm³/mol. The molecule has 1 aliphatic rings. The quantitative estimate of drug-likeness (QED) is 0.687. The number of ether oxygens (including phenoxy) is 2. The molecule has 0 amide bonds. The van der Waals surface area contributed by atoms with Gasteiger partial charge >= 0.3 is 5.97 Å². The van der Waals surface area contributed by atoms with Crippen LogP contribution in [0.1, 0.15) is 33.6 Å². The smallest absolute Gasteiger partial charge is 0.323 e. The van der Waals surface area contributed by atoms with Gasteiger partial charge in [0, 0.05) is 18.9 Å². The second kappa shape index (κ2) is 7.07. The number of carbonyl (C=O) groups is 1. The van der Waals surface area contributed by atoms with E-state index in [4.69, 9.17) is 9.47 Å². The Morgan fingerprint density at radius 1 is 1.67 bits per heavy atom. The molecule has 0 aromatic carbocycles. The first-order valence-corrected chi connectivity index (χ1v) is 6.65. The summed E-state index contributed by atoms with van der Waals surface area (Å²) in [6.07, 6.45) is 1.42. The highest BCUT2D eigenvalue weighted by Crippen LogP contribution is 2.18. The van der Waals surface area contributed by atoms with E-state index < -0.39 is 11.5 Å². The standard InChI is InChI=1S/C13H25NO4/c1-4-14-13(3,12(15)16)7-10(2)18-9-11-5-6-17-8-11/h10-11,14H,4-9H2,1-3H3,(H,15,16). The fourth-order valence-corrected chi connectivity index (χ4v) is 2.27. The summed E-state index contributed by atoms with van der Waals surface area (Å²) in [5.74, 6) is -0.369. The van der Waals surface area contributed by atoms with Crippen molar-refractivity contribution in [2.24, 2.45) is 5.92 Å². The second-order valence-electron chi connectivity index (χ2n) is 5.25. The number of hydrogen-bond donors (Lipinski definition) is 2. The zero-order chi connectivity index (χ0) is 13.6. The minimum Gasteiger partial charge on any atom is -0.480 e. The van der Waals surface area contributed by atoms with Crippen LogP contribution in [-0.4, -0.2) is 49.1 Å². The van der Waals surface area contributed by atoms with Gasteiger partial charge in [0.2, 0.25) is 0 Å². The van der Waals surface area contributed by atoms with E-state index in [1.165, 1.54) is 0 Å². The van der Waals surface area contributed by atoms with E-state index in [0.29, 0.717) is 25.5 Å². The summed E-state index contributed by atoms with van der Waals surface area (Å²) in [7, 11) is 0. The van der Waals surface area contributed by atoms with Gasteiger partial charge in [0.1, 0.15) is 5.54 Å². The number of rotatable bonds is 8. The minimum absolute atomic E-state index is 0.0780. The zero-order valence-electron chi connectivity index (χ0n) is 11.6. The summed E-state index contributed by atoms with van der Waals surface area (Å²) < 4.78 is 11.0. The Bertz CT molecular complexity index is 266. The number of hydrogen-bond acceptors (Lipinski definition) is 4. The third-order valence-electron chi connectivity index (χ3n) is 3.38. The monoisotopic (exact) mass is 259 g/mol. The van der Waals surface area contributed by atoms with E-state index in [9.17, 15) is 9.90 Å². The molecule has 0 aliphatic carbocycles. The number of nitrogens with one attached hydrogen (secondary N) is 1. The number of carboxylic acid groups (broad SMARTS) is 1. The minimum atomic E-state index is -0.916. The molecule has 0 aromatic heterocycles. The Balaban J connectivity index is 2.35. The highest BCUT2D eigenvalue weighted by molar-refractivity contribution is 5.78. The molecule has 1 heterocycles. The van der Waals surface area contributed by atoms with Crippen molar-refractivity contribution in [3.63, 3.8) is 0 Å². The van der Waals surface area contributed by atoms with Gasteiger partial charge in [-0.15, -0.1) is 0 Å². The first-order valence-electron chi connectivity index (χ1n) is 6.65. The van der Waals surface area contributed by atoms with Crippen LogP contribution in [-0.2, 0) is 14.3 Å². The molecule has 0 saturated carbocycles. The number of likely N-dealkylation sites (N-methyl/N-ethyl adjacent to an activating group) is 1. The van der Waals surface area contributed by atoms with Crippen LogP contribution in [0.25, 0.3) is 0 Å². The molecule has 5 nitrogen and oxygen atoms in total. The first kappa shape index (κ1) is 15.4. The molecule has 2 N–H and O–H groups in total. The lowest BCUT2D eigenvalue weighted by Gasteiger charge is -2.29. The second-order valence-corrected chi connectivity index (χ2v) is 5.25. The topological polar surface area (TPSA) is 67.8 Å². The molecule has 3 unspecified atom stereocenters. The van der Waals surface area contributed by atoms with Gasteiger partial charge in [-0.3, -0.25) is 4.79 Å². The Labute approximate surface area is 109 Å². The molecule has 5 heteroatoms. The van der Waals surface area contributed by atoms with Crippen molar-refractivity contribution >= 4 is 5.97 Å². The molecular weight excluding hydrogens is 234 g/mol. The van der Waals surface area contributed by atoms with Crippen LogP contribution in [0.3, 0.4) is 0 Å². The number of aliphatic carboxylic acids is 1. The predicted octanol–water partition coefficient (Wildman–Crippen LogP) is 1.27. The van der Waals surface area contributed by atoms with E-state index in [0.717, 1.165) is 19.6 Å². The molecule has 1 saturated heterocycles. The Morgan fingerprint density at radius 3 is 2.89 bits per heavy atom. The van der Waals surface area contributed by atoms with Crippen molar-refractivity contribution in [1.82, 2.24) is 5.32 Å². The van der Waals surface area contributed by atoms with E-state index >= 15 is 0 Å². The van der Waals surface area contributed by atoms with Gasteiger partial charge in [0.25, 0.3) is 0 Å². The van der Waals surface area contributed by atoms with Crippen molar-refractivity contribution in [3.8, 4) is 0 Å². The SMILES string of the molecule is CCNC(C)(CC(C)OCC1CCOC1)C(=O)O. The van der Waals surface area contributed by atoms with Gasteiger partial charge in [-0.25, -0.2) is 0 Å². The van der Waals surface area contributed by atoms with Crippen LogP contribution in [0.5, 0.6) is 0 Å². The zero-order valence-corrected chi connectivity index (χ0v) is 11.6. The third kappa shape index (κ3) is 4.55. The van der Waals surface area contributed by atoms with Crippen LogP contribution in [0.15, 0.2) is 0 Å². The van der Waals surface area contributed by atoms with Gasteiger partial charge < -0.3 is 19.9 Å². The highest BCUT2D eigenvalue weighted by atomic mass is 16.5. The van der Waals surface area contributed by atoms with Crippen molar-refractivity contribution in [1.29, 1.82) is 0 Å². The molecule has 1 fully saturated rings. The van der Waals surface area contributed by atoms with Gasteiger partial charge in [0.05, 0.1) is 19.3 Å². The summed E-state index contributed by atoms with van der Waals surface area (Å²) in [6, 6.07) is 0. The normalized spacial score (nSPS) is 24.7. The summed E-state index contributed by atoms with van der Waals surface area (Å²) in [5.41, 5.74) is -0.916. The molecular formula is C13H25NO4. The van der Waals surface area contributed by atoms with Crippen LogP contribution in [0.2, 0.25) is 0 Å². The van der Waals surface area contributed by atoms with Crippen molar-refractivity contribution in [2.45, 2.75) is 45.3 Å². The van der Waals surface area contributed by atoms with E-state index in [2.05, 4.69) is 5.32 Å². The molecule has 0 aromatic rings. The van der Waals surface area contributed by atoms with Gasteiger partial charge in [-0.05, 0) is 26.8 Å². The molecule has 18 heavy (non-hydrogen) atoms. The van der Waals surface area contributed by atoms with Crippen LogP contribution in [0.4, 0.5) is 0 Å². The summed E-state index contributed by atoms with van der Waals surface area (Å²) in [6.45, 7) is 8.39. The average Bonchev–Trinajstić information content (AvgIpc) is 2.79. The fourth-order valence-electron chi connectivity index (χ4n) is 2.27. The molecule has 0 bridgehead atoms. The molecule has 106 valence electrons. The lowest BCUT2D eigenvalue weighted by atomic mass is 9.94. The van der Waals surface area contributed by atoms with Crippen LogP contribution >= 0.6 is 0 Å². The van der Waals surface area contributed by atoms with E-state index in [1.54, 1.807) is 6.92 Å². The maximum Gasteiger partial charge on any atom is 0.323 e. The maximum atomic E-state index is 11.3. The van der Waals surface area contributed by atoms with Gasteiger partial charge in [-0.2, -0.15) is 0 Å². The van der Waals surface area contributed by atoms with Crippen LogP contribution < -0.4 is 5.32 Å². The Morgan fingerprint density at radius 2 is 2.39 bits per heavy atom. The van der Waals surface area contributed by atoms with Gasteiger partial charge in [0.15, 0.2) is 0 Å². The molecule has 1 rings (SSSR count). The van der Waals surface area contributed by atoms with Gasteiger partial charge in [-0.1, -0.05) is 6.92 Å². The first-order chi connectivity index (χ1) is 8.48. The van der Waals surface area contributed by atoms with E-state index in [-0.39, 0.29) is 6.10 Å². The van der Waals surface area contributed by atoms with Crippen molar-refractivity contribution in [2.75, 3.05) is 26.4 Å². The molecule has 1 aliphatic heterocycles. The Kier molecular flexibility index (Phi) is 6.05. The van der Waals surface area contributed by atoms with Crippen molar-refractivity contribution in [3.05, 3.63) is 0 Å². The summed E-state index contributed by atoms with van der Waals surface area (Å²) >= 11 is 0. The molecule has 0 radical (unpaired) electrons. The largest absolute Gasteiger partial charge is 0.480 e. The maximum absolute atomic E-state index is 11.3. The summed E-state index contributed by atoms with van der Waals surface area (Å²) in [5, 5.41) is 12.3. The Hall–Kier alpha value is -0.650. The third-order valence-corrected chi connectivity index (χ3v) is 3.38. The van der Waals surface area contributed by atoms with E-state index in [1.807, 2.05) is 13.8 Å².